The summed E-state index contributed by atoms with van der Waals surface area (Å²) in [5.74, 6) is 0.536. The first-order chi connectivity index (χ1) is 11.2. The van der Waals surface area contributed by atoms with E-state index in [0.717, 1.165) is 17.7 Å². The molecule has 0 N–H and O–H groups in total. The predicted octanol–water partition coefficient (Wildman–Crippen LogP) is 4.59. The van der Waals surface area contributed by atoms with Crippen LogP contribution in [0.15, 0.2) is 54.6 Å². The zero-order valence-corrected chi connectivity index (χ0v) is 13.9. The lowest BCUT2D eigenvalue weighted by molar-refractivity contribution is -0.133. The first-order valence-corrected chi connectivity index (χ1v) is 8.98. The Labute approximate surface area is 140 Å². The van der Waals surface area contributed by atoms with E-state index in [4.69, 9.17) is 0 Å². The number of thioether (sulfide) groups is 1. The molecular weight excluding hydrogens is 309 g/mol. The van der Waals surface area contributed by atoms with Gasteiger partial charge in [0, 0.05) is 17.9 Å². The maximum atomic E-state index is 14.1. The van der Waals surface area contributed by atoms with Crippen molar-refractivity contribution < 1.29 is 9.18 Å². The van der Waals surface area contributed by atoms with Gasteiger partial charge in [-0.15, -0.1) is 11.8 Å². The number of hydrogen-bond donors (Lipinski definition) is 0. The molecule has 1 aliphatic rings. The van der Waals surface area contributed by atoms with E-state index in [2.05, 4.69) is 0 Å². The summed E-state index contributed by atoms with van der Waals surface area (Å²) in [5, 5.41) is -0.221. The van der Waals surface area contributed by atoms with E-state index in [0.29, 0.717) is 12.1 Å². The minimum absolute atomic E-state index is 0.0944. The summed E-state index contributed by atoms with van der Waals surface area (Å²) >= 11 is 1.63. The fourth-order valence-electron chi connectivity index (χ4n) is 3.07. The van der Waals surface area contributed by atoms with Gasteiger partial charge < -0.3 is 4.90 Å². The van der Waals surface area contributed by atoms with Gasteiger partial charge in [-0.2, -0.15) is 0 Å². The zero-order chi connectivity index (χ0) is 16.2. The van der Waals surface area contributed by atoms with Crippen LogP contribution in [-0.2, 0) is 4.79 Å². The van der Waals surface area contributed by atoms with E-state index in [1.165, 1.54) is 6.07 Å². The van der Waals surface area contributed by atoms with Gasteiger partial charge in [-0.1, -0.05) is 55.5 Å². The second-order valence-electron chi connectivity index (χ2n) is 5.65. The van der Waals surface area contributed by atoms with Crippen molar-refractivity contribution in [1.29, 1.82) is 0 Å². The summed E-state index contributed by atoms with van der Waals surface area (Å²) in [7, 11) is 0. The number of carbonyl (C=O) groups excluding carboxylic acids is 1. The Morgan fingerprint density at radius 3 is 2.61 bits per heavy atom. The van der Waals surface area contributed by atoms with Gasteiger partial charge in [0.05, 0.1) is 5.92 Å². The van der Waals surface area contributed by atoms with Crippen LogP contribution in [0.3, 0.4) is 0 Å². The van der Waals surface area contributed by atoms with Crippen LogP contribution in [0.1, 0.15) is 35.8 Å². The molecule has 4 heteroatoms. The lowest BCUT2D eigenvalue weighted by atomic mass is 9.95. The third kappa shape index (κ3) is 3.27. The van der Waals surface area contributed by atoms with E-state index in [-0.39, 0.29) is 23.0 Å². The topological polar surface area (TPSA) is 20.3 Å². The van der Waals surface area contributed by atoms with Crippen molar-refractivity contribution in [3.63, 3.8) is 0 Å². The Morgan fingerprint density at radius 1 is 1.22 bits per heavy atom. The van der Waals surface area contributed by atoms with Crippen molar-refractivity contribution in [3.8, 4) is 0 Å². The monoisotopic (exact) mass is 329 g/mol. The van der Waals surface area contributed by atoms with Crippen molar-refractivity contribution in [1.82, 2.24) is 4.90 Å². The van der Waals surface area contributed by atoms with Gasteiger partial charge in [-0.3, -0.25) is 4.79 Å². The van der Waals surface area contributed by atoms with E-state index in [1.807, 2.05) is 48.2 Å². The fourth-order valence-corrected chi connectivity index (χ4v) is 4.35. The molecule has 2 nitrogen and oxygen atoms in total. The zero-order valence-electron chi connectivity index (χ0n) is 13.1. The van der Waals surface area contributed by atoms with Crippen LogP contribution in [0.4, 0.5) is 4.39 Å². The van der Waals surface area contributed by atoms with Crippen molar-refractivity contribution >= 4 is 17.7 Å². The highest BCUT2D eigenvalue weighted by molar-refractivity contribution is 7.99. The Balaban J connectivity index is 1.87. The molecule has 2 atom stereocenters. The van der Waals surface area contributed by atoms with Crippen LogP contribution in [0, 0.1) is 5.82 Å². The number of amides is 1. The van der Waals surface area contributed by atoms with Crippen LogP contribution >= 0.6 is 11.8 Å². The van der Waals surface area contributed by atoms with Gasteiger partial charge in [0.2, 0.25) is 5.91 Å². The van der Waals surface area contributed by atoms with Gasteiger partial charge in [0.25, 0.3) is 0 Å². The van der Waals surface area contributed by atoms with Crippen LogP contribution in [0.25, 0.3) is 0 Å². The molecule has 1 aliphatic heterocycles. The Kier molecular flexibility index (Phi) is 5.01. The lowest BCUT2D eigenvalue weighted by Crippen LogP contribution is -2.34. The molecule has 1 amide bonds. The highest BCUT2D eigenvalue weighted by Gasteiger charge is 2.35. The lowest BCUT2D eigenvalue weighted by Gasteiger charge is -2.28. The maximum Gasteiger partial charge on any atom is 0.231 e. The first-order valence-electron chi connectivity index (χ1n) is 7.93. The van der Waals surface area contributed by atoms with E-state index in [1.54, 1.807) is 23.9 Å². The Bertz CT molecular complexity index is 676. The van der Waals surface area contributed by atoms with E-state index >= 15 is 0 Å². The molecule has 3 rings (SSSR count). The standard InChI is InChI=1S/C19H20FNOS/c1-2-15(14-8-4-3-5-9-14)18(22)21-12-13-23-19(21)16-10-6-7-11-17(16)20/h3-11,15,19H,2,12-13H2,1H3. The van der Waals surface area contributed by atoms with Gasteiger partial charge in [-0.05, 0) is 18.1 Å². The molecule has 0 saturated carbocycles. The molecule has 23 heavy (non-hydrogen) atoms. The number of hydrogen-bond acceptors (Lipinski definition) is 2. The summed E-state index contributed by atoms with van der Waals surface area (Å²) in [4.78, 5) is 14.9. The average Bonchev–Trinajstić information content (AvgIpc) is 3.06. The normalized spacial score (nSPS) is 18.9. The highest BCUT2D eigenvalue weighted by atomic mass is 32.2. The van der Waals surface area contributed by atoms with Gasteiger partial charge in [-0.25, -0.2) is 4.39 Å². The second-order valence-corrected chi connectivity index (χ2v) is 6.84. The van der Waals surface area contributed by atoms with Crippen molar-refractivity contribution in [2.24, 2.45) is 0 Å². The predicted molar refractivity (Wildman–Crippen MR) is 92.8 cm³/mol. The Morgan fingerprint density at radius 2 is 1.91 bits per heavy atom. The van der Waals surface area contributed by atoms with Crippen molar-refractivity contribution in [3.05, 3.63) is 71.5 Å². The summed E-state index contributed by atoms with van der Waals surface area (Å²) in [5.41, 5.74) is 1.63. The number of rotatable bonds is 4. The van der Waals surface area contributed by atoms with E-state index < -0.39 is 0 Å². The number of halogens is 1. The van der Waals surface area contributed by atoms with Gasteiger partial charge in [0.1, 0.15) is 11.2 Å². The molecule has 0 spiro atoms. The van der Waals surface area contributed by atoms with E-state index in [9.17, 15) is 9.18 Å². The molecule has 2 aromatic rings. The SMILES string of the molecule is CCC(C(=O)N1CCSC1c1ccccc1F)c1ccccc1. The van der Waals surface area contributed by atoms with Crippen molar-refractivity contribution in [2.75, 3.05) is 12.3 Å². The fraction of sp³-hybridized carbons (Fsp3) is 0.316. The molecule has 1 fully saturated rings. The highest BCUT2D eigenvalue weighted by Crippen LogP contribution is 2.41. The second kappa shape index (κ2) is 7.18. The molecule has 0 aliphatic carbocycles. The average molecular weight is 329 g/mol. The smallest absolute Gasteiger partial charge is 0.231 e. The molecule has 2 aromatic carbocycles. The molecule has 1 saturated heterocycles. The quantitative estimate of drug-likeness (QED) is 0.817. The number of carbonyl (C=O) groups is 1. The molecule has 120 valence electrons. The third-order valence-electron chi connectivity index (χ3n) is 4.25. The van der Waals surface area contributed by atoms with Gasteiger partial charge >= 0.3 is 0 Å². The molecule has 0 aromatic heterocycles. The van der Waals surface area contributed by atoms with Gasteiger partial charge in [0.15, 0.2) is 0 Å². The molecule has 0 bridgehead atoms. The molecule has 1 heterocycles. The summed E-state index contributed by atoms with van der Waals surface area (Å²) in [6.45, 7) is 2.70. The maximum absolute atomic E-state index is 14.1. The molecule has 0 radical (unpaired) electrons. The number of nitrogens with zero attached hydrogens (tertiary/aromatic N) is 1. The third-order valence-corrected chi connectivity index (χ3v) is 5.50. The van der Waals surface area contributed by atoms with Crippen LogP contribution in [-0.4, -0.2) is 23.1 Å². The minimum Gasteiger partial charge on any atom is -0.325 e. The van der Waals surface area contributed by atoms with Crippen LogP contribution < -0.4 is 0 Å². The summed E-state index contributed by atoms with van der Waals surface area (Å²) in [6, 6.07) is 16.6. The first kappa shape index (κ1) is 16.1. The van der Waals surface area contributed by atoms with Crippen LogP contribution in [0.2, 0.25) is 0 Å². The Hall–Kier alpha value is -1.81. The number of benzene rings is 2. The summed E-state index contributed by atoms with van der Waals surface area (Å²) < 4.78 is 14.1. The summed E-state index contributed by atoms with van der Waals surface area (Å²) in [6.07, 6.45) is 0.744. The largest absolute Gasteiger partial charge is 0.325 e. The van der Waals surface area contributed by atoms with Crippen molar-refractivity contribution in [2.45, 2.75) is 24.6 Å². The van der Waals surface area contributed by atoms with Crippen LogP contribution in [0.5, 0.6) is 0 Å². The molecular formula is C19H20FNOS. The molecule has 2 unspecified atom stereocenters. The minimum atomic E-state index is -0.238.